The lowest BCUT2D eigenvalue weighted by atomic mass is 9.94. The Balaban J connectivity index is 1.95. The van der Waals surface area contributed by atoms with Crippen LogP contribution >= 0.6 is 0 Å². The summed E-state index contributed by atoms with van der Waals surface area (Å²) in [6, 6.07) is 8.39. The number of rotatable bonds is 4. The maximum Gasteiger partial charge on any atom is 0.123 e. The molecule has 0 aliphatic carbocycles. The smallest absolute Gasteiger partial charge is 0.123 e. The highest BCUT2D eigenvalue weighted by atomic mass is 16.5. The van der Waals surface area contributed by atoms with Crippen LogP contribution in [0.15, 0.2) is 24.3 Å². The average Bonchev–Trinajstić information content (AvgIpc) is 2.72. The van der Waals surface area contributed by atoms with Gasteiger partial charge in [0.05, 0.1) is 0 Å². The zero-order chi connectivity index (χ0) is 11.5. The van der Waals surface area contributed by atoms with Crippen molar-refractivity contribution >= 4 is 0 Å². The van der Waals surface area contributed by atoms with Gasteiger partial charge in [0, 0.05) is 12.5 Å². The largest absolute Gasteiger partial charge is 0.488 e. The number of benzene rings is 1. The van der Waals surface area contributed by atoms with E-state index in [9.17, 15) is 0 Å². The summed E-state index contributed by atoms with van der Waals surface area (Å²) in [5.74, 6) is 1.70. The van der Waals surface area contributed by atoms with Crippen molar-refractivity contribution in [2.45, 2.75) is 45.3 Å². The molecule has 0 spiro atoms. The third-order valence-electron chi connectivity index (χ3n) is 3.52. The topological polar surface area (TPSA) is 35.2 Å². The van der Waals surface area contributed by atoms with E-state index in [2.05, 4.69) is 26.0 Å². The van der Waals surface area contributed by atoms with Gasteiger partial charge in [-0.25, -0.2) is 0 Å². The van der Waals surface area contributed by atoms with Gasteiger partial charge in [0.2, 0.25) is 0 Å². The average molecular weight is 219 g/mol. The zero-order valence-corrected chi connectivity index (χ0v) is 10.1. The van der Waals surface area contributed by atoms with Crippen LogP contribution in [0.4, 0.5) is 0 Å². The van der Waals surface area contributed by atoms with Crippen molar-refractivity contribution in [2.24, 2.45) is 11.7 Å². The molecule has 0 radical (unpaired) electrons. The standard InChI is InChI=1S/C14H21NO/c1-3-10(2)8-12(15)14-9-11-6-4-5-7-13(11)16-14/h4-7,10,12,14H,3,8-9,15H2,1-2H3. The van der Waals surface area contributed by atoms with Gasteiger partial charge in [-0.2, -0.15) is 0 Å². The van der Waals surface area contributed by atoms with Crippen LogP contribution in [0.1, 0.15) is 32.3 Å². The van der Waals surface area contributed by atoms with E-state index in [1.807, 2.05) is 12.1 Å². The molecular formula is C14H21NO. The second-order valence-electron chi connectivity index (χ2n) is 4.88. The molecule has 3 unspecified atom stereocenters. The van der Waals surface area contributed by atoms with Crippen LogP contribution in [0.5, 0.6) is 5.75 Å². The van der Waals surface area contributed by atoms with Crippen LogP contribution in [-0.2, 0) is 6.42 Å². The van der Waals surface area contributed by atoms with Crippen LogP contribution in [-0.4, -0.2) is 12.1 Å². The molecule has 1 aromatic rings. The van der Waals surface area contributed by atoms with E-state index in [0.717, 1.165) is 18.6 Å². The quantitative estimate of drug-likeness (QED) is 0.845. The Morgan fingerprint density at radius 2 is 2.19 bits per heavy atom. The van der Waals surface area contributed by atoms with E-state index in [1.54, 1.807) is 0 Å². The van der Waals surface area contributed by atoms with Gasteiger partial charge in [-0.15, -0.1) is 0 Å². The molecule has 0 saturated heterocycles. The maximum absolute atomic E-state index is 6.21. The van der Waals surface area contributed by atoms with Gasteiger partial charge in [0.15, 0.2) is 0 Å². The maximum atomic E-state index is 6.21. The third kappa shape index (κ3) is 2.38. The molecule has 0 amide bonds. The van der Waals surface area contributed by atoms with Gasteiger partial charge in [-0.05, 0) is 24.0 Å². The molecule has 16 heavy (non-hydrogen) atoms. The third-order valence-corrected chi connectivity index (χ3v) is 3.52. The lowest BCUT2D eigenvalue weighted by Crippen LogP contribution is -2.39. The summed E-state index contributed by atoms with van der Waals surface area (Å²) in [7, 11) is 0. The van der Waals surface area contributed by atoms with Crippen molar-refractivity contribution < 1.29 is 4.74 Å². The summed E-state index contributed by atoms with van der Waals surface area (Å²) in [5.41, 5.74) is 7.51. The first-order valence-electron chi connectivity index (χ1n) is 6.20. The lowest BCUT2D eigenvalue weighted by Gasteiger charge is -2.21. The Bertz CT molecular complexity index is 325. The van der Waals surface area contributed by atoms with Crippen molar-refractivity contribution in [3.05, 3.63) is 29.8 Å². The molecule has 2 N–H and O–H groups in total. The minimum Gasteiger partial charge on any atom is -0.488 e. The number of nitrogens with two attached hydrogens (primary N) is 1. The molecule has 3 atom stereocenters. The van der Waals surface area contributed by atoms with E-state index in [4.69, 9.17) is 10.5 Å². The Morgan fingerprint density at radius 3 is 2.88 bits per heavy atom. The van der Waals surface area contributed by atoms with Crippen molar-refractivity contribution in [3.63, 3.8) is 0 Å². The number of para-hydroxylation sites is 1. The number of hydrogen-bond acceptors (Lipinski definition) is 2. The van der Waals surface area contributed by atoms with Gasteiger partial charge >= 0.3 is 0 Å². The molecule has 1 aliphatic heterocycles. The normalized spacial score (nSPS) is 22.3. The summed E-state index contributed by atoms with van der Waals surface area (Å²) in [6.45, 7) is 4.46. The second kappa shape index (κ2) is 4.88. The summed E-state index contributed by atoms with van der Waals surface area (Å²) < 4.78 is 5.89. The van der Waals surface area contributed by atoms with E-state index < -0.39 is 0 Å². The van der Waals surface area contributed by atoms with Crippen LogP contribution in [0.25, 0.3) is 0 Å². The summed E-state index contributed by atoms with van der Waals surface area (Å²) in [5, 5.41) is 0. The van der Waals surface area contributed by atoms with Crippen LogP contribution < -0.4 is 10.5 Å². The Kier molecular flexibility index (Phi) is 3.49. The monoisotopic (exact) mass is 219 g/mol. The predicted molar refractivity (Wildman–Crippen MR) is 66.6 cm³/mol. The highest BCUT2D eigenvalue weighted by molar-refractivity contribution is 5.37. The van der Waals surface area contributed by atoms with Gasteiger partial charge in [0.25, 0.3) is 0 Å². The Hall–Kier alpha value is -1.02. The Morgan fingerprint density at radius 1 is 1.44 bits per heavy atom. The lowest BCUT2D eigenvalue weighted by molar-refractivity contribution is 0.183. The van der Waals surface area contributed by atoms with Crippen molar-refractivity contribution in [1.82, 2.24) is 0 Å². The molecule has 1 heterocycles. The molecule has 2 rings (SSSR count). The summed E-state index contributed by atoms with van der Waals surface area (Å²) >= 11 is 0. The first-order valence-corrected chi connectivity index (χ1v) is 6.20. The number of fused-ring (bicyclic) bond motifs is 1. The SMILES string of the molecule is CCC(C)CC(N)C1Cc2ccccc2O1. The minimum absolute atomic E-state index is 0.155. The van der Waals surface area contributed by atoms with Gasteiger partial charge < -0.3 is 10.5 Å². The minimum atomic E-state index is 0.155. The fourth-order valence-corrected chi connectivity index (χ4v) is 2.23. The Labute approximate surface area is 97.8 Å². The summed E-state index contributed by atoms with van der Waals surface area (Å²) in [6.07, 6.45) is 3.38. The van der Waals surface area contributed by atoms with E-state index >= 15 is 0 Å². The molecule has 1 aromatic carbocycles. The molecule has 88 valence electrons. The van der Waals surface area contributed by atoms with Gasteiger partial charge in [-0.1, -0.05) is 38.5 Å². The van der Waals surface area contributed by atoms with Crippen LogP contribution in [0.2, 0.25) is 0 Å². The molecule has 0 bridgehead atoms. The molecule has 0 fully saturated rings. The second-order valence-corrected chi connectivity index (χ2v) is 4.88. The molecule has 1 aliphatic rings. The first-order chi connectivity index (χ1) is 7.70. The zero-order valence-electron chi connectivity index (χ0n) is 10.1. The van der Waals surface area contributed by atoms with E-state index in [1.165, 1.54) is 12.0 Å². The molecule has 2 nitrogen and oxygen atoms in total. The van der Waals surface area contributed by atoms with Gasteiger partial charge in [0.1, 0.15) is 11.9 Å². The molecule has 2 heteroatoms. The first kappa shape index (κ1) is 11.5. The van der Waals surface area contributed by atoms with E-state index in [-0.39, 0.29) is 12.1 Å². The van der Waals surface area contributed by atoms with Crippen molar-refractivity contribution in [3.8, 4) is 5.75 Å². The van der Waals surface area contributed by atoms with E-state index in [0.29, 0.717) is 5.92 Å². The van der Waals surface area contributed by atoms with Crippen molar-refractivity contribution in [2.75, 3.05) is 0 Å². The van der Waals surface area contributed by atoms with Gasteiger partial charge in [-0.3, -0.25) is 0 Å². The number of ether oxygens (including phenoxy) is 1. The molecular weight excluding hydrogens is 198 g/mol. The highest BCUT2D eigenvalue weighted by Crippen LogP contribution is 2.30. The predicted octanol–water partition coefficient (Wildman–Crippen LogP) is 2.75. The van der Waals surface area contributed by atoms with Crippen molar-refractivity contribution in [1.29, 1.82) is 0 Å². The fourth-order valence-electron chi connectivity index (χ4n) is 2.23. The fraction of sp³-hybridized carbons (Fsp3) is 0.571. The number of hydrogen-bond donors (Lipinski definition) is 1. The summed E-state index contributed by atoms with van der Waals surface area (Å²) in [4.78, 5) is 0. The molecule has 0 aromatic heterocycles. The molecule has 0 saturated carbocycles. The van der Waals surface area contributed by atoms with Crippen LogP contribution in [0.3, 0.4) is 0 Å². The van der Waals surface area contributed by atoms with Crippen LogP contribution in [0, 0.1) is 5.92 Å². The highest BCUT2D eigenvalue weighted by Gasteiger charge is 2.28.